The Morgan fingerprint density at radius 1 is 1.04 bits per heavy atom. The predicted molar refractivity (Wildman–Crippen MR) is 109 cm³/mol. The Bertz CT molecular complexity index is 856. The van der Waals surface area contributed by atoms with E-state index in [1.54, 1.807) is 18.3 Å². The average Bonchev–Trinajstić information content (AvgIpc) is 2.68. The molecular weight excluding hydrogens is 344 g/mol. The normalized spacial score (nSPS) is 10.5. The van der Waals surface area contributed by atoms with Gasteiger partial charge in [-0.05, 0) is 43.8 Å². The van der Waals surface area contributed by atoms with E-state index in [1.807, 2.05) is 56.4 Å². The summed E-state index contributed by atoms with van der Waals surface area (Å²) in [4.78, 5) is 8.76. The molecule has 26 heavy (non-hydrogen) atoms. The zero-order valence-corrected chi connectivity index (χ0v) is 15.7. The molecule has 1 heterocycles. The van der Waals surface area contributed by atoms with Crippen LogP contribution in [0.25, 0.3) is 11.3 Å². The third kappa shape index (κ3) is 4.74. The van der Waals surface area contributed by atoms with E-state index < -0.39 is 0 Å². The van der Waals surface area contributed by atoms with Crippen LogP contribution in [0.4, 0.5) is 11.5 Å². The Hall–Kier alpha value is -2.57. The molecule has 3 aromatic rings. The van der Waals surface area contributed by atoms with Crippen molar-refractivity contribution in [3.05, 3.63) is 66.5 Å². The lowest BCUT2D eigenvalue weighted by atomic mass is 10.1. The molecule has 134 valence electrons. The summed E-state index contributed by atoms with van der Waals surface area (Å²) in [7, 11) is 1.93. The Labute approximate surface area is 158 Å². The first-order valence-corrected chi connectivity index (χ1v) is 9.47. The van der Waals surface area contributed by atoms with Crippen LogP contribution in [-0.4, -0.2) is 23.6 Å². The molecule has 0 aliphatic carbocycles. The van der Waals surface area contributed by atoms with Crippen molar-refractivity contribution >= 4 is 23.5 Å². The van der Waals surface area contributed by atoms with Gasteiger partial charge in [-0.1, -0.05) is 36.2 Å². The molecule has 2 aromatic carbocycles. The van der Waals surface area contributed by atoms with Crippen molar-refractivity contribution in [1.82, 2.24) is 14.7 Å². The van der Waals surface area contributed by atoms with Crippen LogP contribution < -0.4 is 14.8 Å². The summed E-state index contributed by atoms with van der Waals surface area (Å²) >= 11 is 1.66. The van der Waals surface area contributed by atoms with Crippen LogP contribution in [0, 0.1) is 0 Å². The molecule has 0 unspecified atom stereocenters. The molecule has 0 saturated carbocycles. The highest BCUT2D eigenvalue weighted by Crippen LogP contribution is 2.29. The second-order valence-electron chi connectivity index (χ2n) is 5.54. The van der Waals surface area contributed by atoms with Gasteiger partial charge < -0.3 is 10.1 Å². The van der Waals surface area contributed by atoms with Gasteiger partial charge in [-0.2, -0.15) is 0 Å². The fourth-order valence-electron chi connectivity index (χ4n) is 2.57. The molecule has 3 rings (SSSR count). The summed E-state index contributed by atoms with van der Waals surface area (Å²) in [5.74, 6) is 2.48. The van der Waals surface area contributed by atoms with E-state index in [9.17, 15) is 0 Å². The highest BCUT2D eigenvalue weighted by Gasteiger charge is 2.08. The van der Waals surface area contributed by atoms with Crippen molar-refractivity contribution in [2.75, 3.05) is 19.0 Å². The molecule has 0 saturated heterocycles. The first kappa shape index (κ1) is 18.2. The van der Waals surface area contributed by atoms with Crippen LogP contribution in [0.5, 0.6) is 5.75 Å². The van der Waals surface area contributed by atoms with Crippen LogP contribution in [-0.2, 0) is 5.75 Å². The van der Waals surface area contributed by atoms with Crippen molar-refractivity contribution < 1.29 is 4.74 Å². The number of ether oxygens (including phenoxy) is 1. The van der Waals surface area contributed by atoms with Gasteiger partial charge in [0.1, 0.15) is 17.9 Å². The molecular formula is C20H22N4OS. The van der Waals surface area contributed by atoms with E-state index in [0.717, 1.165) is 34.3 Å². The first-order chi connectivity index (χ1) is 12.8. The molecule has 0 fully saturated rings. The van der Waals surface area contributed by atoms with Crippen molar-refractivity contribution in [3.8, 4) is 17.0 Å². The van der Waals surface area contributed by atoms with Crippen molar-refractivity contribution in [3.63, 3.8) is 0 Å². The summed E-state index contributed by atoms with van der Waals surface area (Å²) in [6, 6.07) is 18.2. The number of hydrogen-bond acceptors (Lipinski definition) is 6. The summed E-state index contributed by atoms with van der Waals surface area (Å²) in [5.41, 5.74) is 4.03. The lowest BCUT2D eigenvalue weighted by Gasteiger charge is -2.11. The van der Waals surface area contributed by atoms with Gasteiger partial charge in [-0.25, -0.2) is 9.97 Å². The minimum absolute atomic E-state index is 0.616. The van der Waals surface area contributed by atoms with Crippen molar-refractivity contribution in [2.45, 2.75) is 12.7 Å². The SMILES string of the molecule is CCOc1ccccc1-c1cc(Nc2cccc(CSNC)c2)ncn1. The van der Waals surface area contributed by atoms with Crippen LogP contribution in [0.1, 0.15) is 12.5 Å². The maximum absolute atomic E-state index is 5.71. The number of nitrogens with one attached hydrogen (secondary N) is 2. The topological polar surface area (TPSA) is 59.1 Å². The Morgan fingerprint density at radius 3 is 2.77 bits per heavy atom. The summed E-state index contributed by atoms with van der Waals surface area (Å²) in [6.45, 7) is 2.59. The van der Waals surface area contributed by atoms with Crippen LogP contribution in [0.3, 0.4) is 0 Å². The smallest absolute Gasteiger partial charge is 0.134 e. The molecule has 5 nitrogen and oxygen atoms in total. The van der Waals surface area contributed by atoms with Gasteiger partial charge in [-0.3, -0.25) is 4.72 Å². The fraction of sp³-hybridized carbons (Fsp3) is 0.200. The maximum Gasteiger partial charge on any atom is 0.134 e. The number of aromatic nitrogens is 2. The van der Waals surface area contributed by atoms with Gasteiger partial charge in [0.15, 0.2) is 0 Å². The van der Waals surface area contributed by atoms with Gasteiger partial charge >= 0.3 is 0 Å². The highest BCUT2D eigenvalue weighted by molar-refractivity contribution is 7.96. The third-order valence-corrected chi connectivity index (χ3v) is 4.48. The van der Waals surface area contributed by atoms with E-state index in [0.29, 0.717) is 6.61 Å². The Morgan fingerprint density at radius 2 is 1.92 bits per heavy atom. The summed E-state index contributed by atoms with van der Waals surface area (Å²) in [5, 5.41) is 3.36. The molecule has 0 atom stereocenters. The van der Waals surface area contributed by atoms with Gasteiger partial charge in [0.25, 0.3) is 0 Å². The largest absolute Gasteiger partial charge is 0.493 e. The van der Waals surface area contributed by atoms with Gasteiger partial charge in [0, 0.05) is 23.1 Å². The second kappa shape index (κ2) is 9.22. The van der Waals surface area contributed by atoms with E-state index in [-0.39, 0.29) is 0 Å². The zero-order chi connectivity index (χ0) is 18.2. The molecule has 0 aliphatic heterocycles. The number of rotatable bonds is 8. The van der Waals surface area contributed by atoms with Crippen LogP contribution in [0.15, 0.2) is 60.9 Å². The third-order valence-electron chi connectivity index (χ3n) is 3.71. The minimum Gasteiger partial charge on any atom is -0.493 e. The number of hydrogen-bond donors (Lipinski definition) is 2. The predicted octanol–water partition coefficient (Wildman–Crippen LogP) is 4.65. The van der Waals surface area contributed by atoms with E-state index in [2.05, 4.69) is 32.1 Å². The van der Waals surface area contributed by atoms with Gasteiger partial charge in [-0.15, -0.1) is 0 Å². The lowest BCUT2D eigenvalue weighted by molar-refractivity contribution is 0.341. The molecule has 1 aromatic heterocycles. The Balaban J connectivity index is 1.82. The number of para-hydroxylation sites is 1. The summed E-state index contributed by atoms with van der Waals surface area (Å²) < 4.78 is 8.80. The number of nitrogens with zero attached hydrogens (tertiary/aromatic N) is 2. The molecule has 0 radical (unpaired) electrons. The number of benzene rings is 2. The fourth-order valence-corrected chi connectivity index (χ4v) is 3.07. The molecule has 0 aliphatic rings. The van der Waals surface area contributed by atoms with Crippen molar-refractivity contribution in [1.29, 1.82) is 0 Å². The Kier molecular flexibility index (Phi) is 6.46. The average molecular weight is 366 g/mol. The standard InChI is InChI=1S/C20H22N4OS/c1-3-25-19-10-5-4-9-17(19)18-12-20(23-14-22-18)24-16-8-6-7-15(11-16)13-26-21-2/h4-12,14,21H,3,13H2,1-2H3,(H,22,23,24). The van der Waals surface area contributed by atoms with E-state index in [1.165, 1.54) is 5.56 Å². The quantitative estimate of drug-likeness (QED) is 0.566. The van der Waals surface area contributed by atoms with Crippen molar-refractivity contribution in [2.24, 2.45) is 0 Å². The van der Waals surface area contributed by atoms with E-state index in [4.69, 9.17) is 4.74 Å². The number of anilines is 2. The van der Waals surface area contributed by atoms with Gasteiger partial charge in [0.05, 0.1) is 12.3 Å². The highest BCUT2D eigenvalue weighted by atomic mass is 32.2. The molecule has 0 bridgehead atoms. The van der Waals surface area contributed by atoms with Crippen LogP contribution in [0.2, 0.25) is 0 Å². The molecule has 2 N–H and O–H groups in total. The maximum atomic E-state index is 5.71. The monoisotopic (exact) mass is 366 g/mol. The van der Waals surface area contributed by atoms with Crippen LogP contribution >= 0.6 is 11.9 Å². The second-order valence-corrected chi connectivity index (χ2v) is 6.52. The molecule has 0 amide bonds. The minimum atomic E-state index is 0.616. The van der Waals surface area contributed by atoms with Gasteiger partial charge in [0.2, 0.25) is 0 Å². The molecule has 0 spiro atoms. The summed E-state index contributed by atoms with van der Waals surface area (Å²) in [6.07, 6.45) is 1.57. The van der Waals surface area contributed by atoms with E-state index >= 15 is 0 Å². The first-order valence-electron chi connectivity index (χ1n) is 8.49. The molecule has 6 heteroatoms. The lowest BCUT2D eigenvalue weighted by Crippen LogP contribution is -1.98. The zero-order valence-electron chi connectivity index (χ0n) is 14.9.